The molecule has 30 heavy (non-hydrogen) atoms. The van der Waals surface area contributed by atoms with Crippen LogP contribution in [-0.2, 0) is 0 Å². The van der Waals surface area contributed by atoms with E-state index in [4.69, 9.17) is 9.47 Å². The fraction of sp³-hybridized carbons (Fsp3) is 0.167. The molecule has 0 radical (unpaired) electrons. The van der Waals surface area contributed by atoms with Crippen LogP contribution in [0.15, 0.2) is 66.7 Å². The predicted molar refractivity (Wildman–Crippen MR) is 116 cm³/mol. The average Bonchev–Trinajstić information content (AvgIpc) is 2.88. The maximum atomic E-state index is 13.0. The van der Waals surface area contributed by atoms with Gasteiger partial charge in [0.25, 0.3) is 11.8 Å². The first kappa shape index (κ1) is 19.5. The van der Waals surface area contributed by atoms with Crippen LogP contribution in [0.25, 0.3) is 0 Å². The number of hydrogen-bond acceptors (Lipinski definition) is 4. The second-order valence-electron chi connectivity index (χ2n) is 6.74. The lowest BCUT2D eigenvalue weighted by Gasteiger charge is -2.20. The third kappa shape index (κ3) is 3.72. The van der Waals surface area contributed by atoms with Gasteiger partial charge in [-0.1, -0.05) is 12.1 Å². The molecule has 0 atom stereocenters. The zero-order valence-corrected chi connectivity index (χ0v) is 16.8. The van der Waals surface area contributed by atoms with Crippen molar-refractivity contribution in [1.29, 1.82) is 0 Å². The van der Waals surface area contributed by atoms with E-state index >= 15 is 0 Å². The third-order valence-electron chi connectivity index (χ3n) is 4.83. The van der Waals surface area contributed by atoms with E-state index in [9.17, 15) is 9.59 Å². The quantitative estimate of drug-likeness (QED) is 0.644. The number of hydrogen-bond donors (Lipinski definition) is 1. The number of ether oxygens (including phenoxy) is 2. The molecular formula is C24H22N2O4. The Hall–Kier alpha value is -3.80. The molecule has 1 heterocycles. The zero-order chi connectivity index (χ0) is 21.1. The zero-order valence-electron chi connectivity index (χ0n) is 16.8. The number of carbonyl (C=O) groups excluding carboxylic acids is 2. The van der Waals surface area contributed by atoms with Gasteiger partial charge in [0, 0.05) is 17.8 Å². The molecule has 1 aliphatic rings. The topological polar surface area (TPSA) is 67.9 Å². The highest BCUT2D eigenvalue weighted by Crippen LogP contribution is 2.39. The van der Waals surface area contributed by atoms with Gasteiger partial charge in [-0.3, -0.25) is 9.59 Å². The summed E-state index contributed by atoms with van der Waals surface area (Å²) in [4.78, 5) is 27.4. The fourth-order valence-corrected chi connectivity index (χ4v) is 3.38. The lowest BCUT2D eigenvalue weighted by Crippen LogP contribution is -2.30. The number of amides is 2. The molecular weight excluding hydrogens is 380 g/mol. The first-order chi connectivity index (χ1) is 14.6. The molecule has 6 nitrogen and oxygen atoms in total. The molecule has 0 bridgehead atoms. The van der Waals surface area contributed by atoms with Gasteiger partial charge in [-0.25, -0.2) is 0 Å². The van der Waals surface area contributed by atoms with Crippen LogP contribution in [0, 0.1) is 0 Å². The molecule has 1 aliphatic heterocycles. The van der Waals surface area contributed by atoms with Crippen LogP contribution in [-0.4, -0.2) is 25.0 Å². The van der Waals surface area contributed by atoms with Crippen molar-refractivity contribution in [2.75, 3.05) is 23.4 Å². The summed E-state index contributed by atoms with van der Waals surface area (Å²) >= 11 is 0. The second kappa shape index (κ2) is 8.29. The van der Waals surface area contributed by atoms with Crippen molar-refractivity contribution in [2.45, 2.75) is 13.8 Å². The number of anilines is 2. The molecule has 0 aromatic heterocycles. The maximum absolute atomic E-state index is 13.0. The molecule has 3 aromatic rings. The van der Waals surface area contributed by atoms with Crippen LogP contribution in [0.3, 0.4) is 0 Å². The molecule has 0 saturated heterocycles. The van der Waals surface area contributed by atoms with E-state index in [1.54, 1.807) is 65.6 Å². The normalized spacial score (nSPS) is 12.3. The number of fused-ring (bicyclic) bond motifs is 2. The lowest BCUT2D eigenvalue weighted by molar-refractivity contribution is 0.0985. The molecule has 4 rings (SSSR count). The Balaban J connectivity index is 1.62. The SMILES string of the molecule is CCOc1ccc(NC(=O)c2ccc3c(c2)N(CC)C(=O)c2ccccc2O3)cc1. The van der Waals surface area contributed by atoms with Crippen LogP contribution in [0.1, 0.15) is 34.6 Å². The minimum Gasteiger partial charge on any atom is -0.494 e. The van der Waals surface area contributed by atoms with Gasteiger partial charge in [0.2, 0.25) is 0 Å². The Bertz CT molecular complexity index is 1090. The Kier molecular flexibility index (Phi) is 5.39. The highest BCUT2D eigenvalue weighted by molar-refractivity contribution is 6.11. The van der Waals surface area contributed by atoms with Gasteiger partial charge in [-0.2, -0.15) is 0 Å². The Morgan fingerprint density at radius 1 is 1.00 bits per heavy atom. The van der Waals surface area contributed by atoms with E-state index in [1.165, 1.54) is 0 Å². The van der Waals surface area contributed by atoms with Crippen molar-refractivity contribution >= 4 is 23.2 Å². The molecule has 3 aromatic carbocycles. The summed E-state index contributed by atoms with van der Waals surface area (Å²) in [7, 11) is 0. The average molecular weight is 402 g/mol. The fourth-order valence-electron chi connectivity index (χ4n) is 3.38. The Labute approximate surface area is 175 Å². The minimum absolute atomic E-state index is 0.157. The molecule has 1 N–H and O–H groups in total. The van der Waals surface area contributed by atoms with Crippen LogP contribution >= 0.6 is 0 Å². The summed E-state index contributed by atoms with van der Waals surface area (Å²) < 4.78 is 11.4. The van der Waals surface area contributed by atoms with Crippen molar-refractivity contribution in [3.8, 4) is 17.2 Å². The van der Waals surface area contributed by atoms with Crippen molar-refractivity contribution in [2.24, 2.45) is 0 Å². The summed E-state index contributed by atoms with van der Waals surface area (Å²) in [6, 6.07) is 19.4. The van der Waals surface area contributed by atoms with Gasteiger partial charge < -0.3 is 19.7 Å². The van der Waals surface area contributed by atoms with Crippen LogP contribution < -0.4 is 19.7 Å². The van der Waals surface area contributed by atoms with Gasteiger partial charge in [0.05, 0.1) is 17.9 Å². The first-order valence-corrected chi connectivity index (χ1v) is 9.87. The van der Waals surface area contributed by atoms with Crippen molar-refractivity contribution in [3.05, 3.63) is 77.9 Å². The molecule has 0 saturated carbocycles. The van der Waals surface area contributed by atoms with E-state index in [0.29, 0.717) is 47.2 Å². The van der Waals surface area contributed by atoms with E-state index < -0.39 is 0 Å². The largest absolute Gasteiger partial charge is 0.494 e. The summed E-state index contributed by atoms with van der Waals surface area (Å²) in [6.07, 6.45) is 0. The molecule has 6 heteroatoms. The second-order valence-corrected chi connectivity index (χ2v) is 6.74. The van der Waals surface area contributed by atoms with E-state index in [1.807, 2.05) is 19.9 Å². The molecule has 0 unspecified atom stereocenters. The molecule has 152 valence electrons. The number of carbonyl (C=O) groups is 2. The summed E-state index contributed by atoms with van der Waals surface area (Å²) in [5, 5.41) is 2.87. The number of benzene rings is 3. The summed E-state index contributed by atoms with van der Waals surface area (Å²) in [5.41, 5.74) is 2.16. The highest BCUT2D eigenvalue weighted by Gasteiger charge is 2.27. The lowest BCUT2D eigenvalue weighted by atomic mass is 10.1. The monoisotopic (exact) mass is 402 g/mol. The van der Waals surface area contributed by atoms with Crippen LogP contribution in [0.4, 0.5) is 11.4 Å². The van der Waals surface area contributed by atoms with Crippen LogP contribution in [0.5, 0.6) is 17.2 Å². The van der Waals surface area contributed by atoms with Gasteiger partial charge >= 0.3 is 0 Å². The minimum atomic E-state index is -0.271. The number of nitrogens with zero attached hydrogens (tertiary/aromatic N) is 1. The molecule has 0 spiro atoms. The van der Waals surface area contributed by atoms with Crippen LogP contribution in [0.2, 0.25) is 0 Å². The van der Waals surface area contributed by atoms with Gasteiger partial charge in [0.1, 0.15) is 11.5 Å². The summed E-state index contributed by atoms with van der Waals surface area (Å²) in [5.74, 6) is 1.36. The van der Waals surface area contributed by atoms with Gasteiger partial charge in [-0.15, -0.1) is 0 Å². The van der Waals surface area contributed by atoms with E-state index in [2.05, 4.69) is 5.32 Å². The third-order valence-corrected chi connectivity index (χ3v) is 4.83. The Morgan fingerprint density at radius 2 is 1.77 bits per heavy atom. The maximum Gasteiger partial charge on any atom is 0.262 e. The molecule has 0 fully saturated rings. The van der Waals surface area contributed by atoms with E-state index in [-0.39, 0.29) is 11.8 Å². The van der Waals surface area contributed by atoms with Crippen molar-refractivity contribution < 1.29 is 19.1 Å². The van der Waals surface area contributed by atoms with Crippen molar-refractivity contribution in [1.82, 2.24) is 0 Å². The van der Waals surface area contributed by atoms with E-state index in [0.717, 1.165) is 5.75 Å². The van der Waals surface area contributed by atoms with Crippen molar-refractivity contribution in [3.63, 3.8) is 0 Å². The Morgan fingerprint density at radius 3 is 2.50 bits per heavy atom. The smallest absolute Gasteiger partial charge is 0.262 e. The standard InChI is InChI=1S/C24H22N2O4/c1-3-26-20-15-16(23(27)25-17-10-12-18(13-11-17)29-4-2)9-14-22(20)30-21-8-6-5-7-19(21)24(26)28/h5-15H,3-4H2,1-2H3,(H,25,27). The number of para-hydroxylation sites is 1. The molecule has 2 amide bonds. The molecule has 0 aliphatic carbocycles. The first-order valence-electron chi connectivity index (χ1n) is 9.87. The summed E-state index contributed by atoms with van der Waals surface area (Å²) in [6.45, 7) is 4.84. The predicted octanol–water partition coefficient (Wildman–Crippen LogP) is 5.11. The van der Waals surface area contributed by atoms with Gasteiger partial charge in [0.15, 0.2) is 5.75 Å². The van der Waals surface area contributed by atoms with Gasteiger partial charge in [-0.05, 0) is 68.4 Å². The highest BCUT2D eigenvalue weighted by atomic mass is 16.5. The number of nitrogens with one attached hydrogen (secondary N) is 1. The number of rotatable bonds is 5.